The third kappa shape index (κ3) is 7.09. The van der Waals surface area contributed by atoms with E-state index < -0.39 is 0 Å². The Bertz CT molecular complexity index is 275. The molecule has 4 heteroatoms. The average Bonchev–Trinajstić information content (AvgIpc) is 2.43. The fraction of sp³-hybridized carbons (Fsp3) is 1.00. The minimum atomic E-state index is -0.119. The summed E-state index contributed by atoms with van der Waals surface area (Å²) < 4.78 is 0. The maximum atomic E-state index is 9.59. The Morgan fingerprint density at radius 2 is 1.86 bits per heavy atom. The molecule has 2 N–H and O–H groups in total. The minimum absolute atomic E-state index is 0.119. The summed E-state index contributed by atoms with van der Waals surface area (Å²) in [6.45, 7) is 10.3. The van der Waals surface area contributed by atoms with E-state index in [9.17, 15) is 5.11 Å². The monoisotopic (exact) mass is 299 g/mol. The minimum Gasteiger partial charge on any atom is -0.394 e. The van der Waals surface area contributed by atoms with Gasteiger partial charge < -0.3 is 20.2 Å². The van der Waals surface area contributed by atoms with Crippen LogP contribution in [0.15, 0.2) is 0 Å². The lowest BCUT2D eigenvalue weighted by atomic mass is 9.94. The van der Waals surface area contributed by atoms with Crippen LogP contribution in [0.3, 0.4) is 0 Å². The molecular weight excluding hydrogens is 262 g/mol. The van der Waals surface area contributed by atoms with Crippen LogP contribution < -0.4 is 5.32 Å². The van der Waals surface area contributed by atoms with E-state index in [0.717, 1.165) is 12.5 Å². The highest BCUT2D eigenvalue weighted by molar-refractivity contribution is 4.84. The predicted molar refractivity (Wildman–Crippen MR) is 90.8 cm³/mol. The van der Waals surface area contributed by atoms with Crippen molar-refractivity contribution in [1.82, 2.24) is 15.1 Å². The van der Waals surface area contributed by atoms with Crippen molar-refractivity contribution in [3.05, 3.63) is 0 Å². The molecule has 0 bridgehead atoms. The Hall–Kier alpha value is -0.160. The lowest BCUT2D eigenvalue weighted by molar-refractivity contribution is 0.135. The van der Waals surface area contributed by atoms with Crippen LogP contribution in [0.1, 0.15) is 52.9 Å². The summed E-state index contributed by atoms with van der Waals surface area (Å²) in [4.78, 5) is 4.97. The van der Waals surface area contributed by atoms with Gasteiger partial charge in [0.2, 0.25) is 0 Å². The second-order valence-corrected chi connectivity index (χ2v) is 7.51. The number of nitrogens with one attached hydrogen (secondary N) is 1. The van der Waals surface area contributed by atoms with E-state index in [1.807, 2.05) is 0 Å². The Kier molecular flexibility index (Phi) is 8.17. The van der Waals surface area contributed by atoms with Gasteiger partial charge in [0.25, 0.3) is 0 Å². The molecule has 1 heterocycles. The number of likely N-dealkylation sites (tertiary alicyclic amines) is 1. The van der Waals surface area contributed by atoms with Crippen LogP contribution in [0.4, 0.5) is 0 Å². The molecule has 1 rings (SSSR count). The van der Waals surface area contributed by atoms with Gasteiger partial charge in [-0.25, -0.2) is 0 Å². The molecule has 126 valence electrons. The molecule has 0 radical (unpaired) electrons. The molecule has 0 aromatic carbocycles. The molecule has 1 fully saturated rings. The average molecular weight is 300 g/mol. The van der Waals surface area contributed by atoms with E-state index in [-0.39, 0.29) is 12.1 Å². The topological polar surface area (TPSA) is 38.7 Å². The number of nitrogens with zero attached hydrogens (tertiary/aromatic N) is 2. The molecule has 1 saturated heterocycles. The molecule has 4 nitrogen and oxygen atoms in total. The lowest BCUT2D eigenvalue weighted by Crippen LogP contribution is -2.49. The normalized spacial score (nSPS) is 21.1. The van der Waals surface area contributed by atoms with Gasteiger partial charge in [-0.2, -0.15) is 0 Å². The first-order valence-electron chi connectivity index (χ1n) is 8.63. The van der Waals surface area contributed by atoms with Gasteiger partial charge >= 0.3 is 0 Å². The molecule has 0 amide bonds. The lowest BCUT2D eigenvalue weighted by Gasteiger charge is -2.35. The highest BCUT2D eigenvalue weighted by atomic mass is 16.3. The van der Waals surface area contributed by atoms with Crippen molar-refractivity contribution >= 4 is 0 Å². The van der Waals surface area contributed by atoms with Gasteiger partial charge in [-0.05, 0) is 66.3 Å². The number of aliphatic hydroxyl groups is 1. The summed E-state index contributed by atoms with van der Waals surface area (Å²) in [7, 11) is 4.38. The highest BCUT2D eigenvalue weighted by Crippen LogP contribution is 2.17. The Labute approximate surface area is 131 Å². The number of piperidine rings is 1. The number of hydrogen-bond acceptors (Lipinski definition) is 4. The van der Waals surface area contributed by atoms with Crippen molar-refractivity contribution in [3.63, 3.8) is 0 Å². The van der Waals surface area contributed by atoms with Crippen molar-refractivity contribution in [2.45, 2.75) is 70.5 Å². The van der Waals surface area contributed by atoms with Gasteiger partial charge in [0.05, 0.1) is 6.61 Å². The zero-order valence-corrected chi connectivity index (χ0v) is 14.9. The van der Waals surface area contributed by atoms with E-state index in [2.05, 4.69) is 50.0 Å². The third-order valence-electron chi connectivity index (χ3n) is 4.73. The maximum Gasteiger partial charge on any atom is 0.0610 e. The summed E-state index contributed by atoms with van der Waals surface area (Å²) in [5.41, 5.74) is -0.119. The quantitative estimate of drug-likeness (QED) is 0.638. The molecule has 21 heavy (non-hydrogen) atoms. The Morgan fingerprint density at radius 3 is 2.33 bits per heavy atom. The molecular formula is C17H37N3O. The van der Waals surface area contributed by atoms with Crippen LogP contribution in [0.2, 0.25) is 0 Å². The van der Waals surface area contributed by atoms with Crippen molar-refractivity contribution in [1.29, 1.82) is 0 Å². The fourth-order valence-electron chi connectivity index (χ4n) is 3.40. The standard InChI is InChI=1S/C17H37N3O/c1-15(2)18-17(3,14-21)10-6-7-11-20-12-8-16(9-13-20)19(4)5/h15-16,18,21H,6-14H2,1-5H3. The van der Waals surface area contributed by atoms with Gasteiger partial charge in [-0.1, -0.05) is 20.3 Å². The second-order valence-electron chi connectivity index (χ2n) is 7.51. The Balaban J connectivity index is 2.17. The summed E-state index contributed by atoms with van der Waals surface area (Å²) in [5, 5.41) is 13.1. The second kappa shape index (κ2) is 9.09. The number of unbranched alkanes of at least 4 members (excludes halogenated alkanes) is 1. The van der Waals surface area contributed by atoms with Gasteiger partial charge in [0, 0.05) is 17.6 Å². The molecule has 0 aliphatic carbocycles. The highest BCUT2D eigenvalue weighted by Gasteiger charge is 2.24. The molecule has 0 aromatic rings. The van der Waals surface area contributed by atoms with E-state index in [1.165, 1.54) is 45.3 Å². The van der Waals surface area contributed by atoms with Crippen LogP contribution in [-0.2, 0) is 0 Å². The number of aliphatic hydroxyl groups excluding tert-OH is 1. The summed E-state index contributed by atoms with van der Waals surface area (Å²) in [5.74, 6) is 0. The van der Waals surface area contributed by atoms with Crippen molar-refractivity contribution in [3.8, 4) is 0 Å². The first-order valence-corrected chi connectivity index (χ1v) is 8.63. The first-order chi connectivity index (χ1) is 9.86. The molecule has 1 unspecified atom stereocenters. The van der Waals surface area contributed by atoms with Gasteiger partial charge in [0.15, 0.2) is 0 Å². The molecule has 1 atom stereocenters. The van der Waals surface area contributed by atoms with Crippen LogP contribution >= 0.6 is 0 Å². The summed E-state index contributed by atoms with van der Waals surface area (Å²) in [6.07, 6.45) is 6.08. The largest absolute Gasteiger partial charge is 0.394 e. The maximum absolute atomic E-state index is 9.59. The van der Waals surface area contributed by atoms with E-state index >= 15 is 0 Å². The number of rotatable bonds is 9. The van der Waals surface area contributed by atoms with E-state index in [4.69, 9.17) is 0 Å². The SMILES string of the molecule is CC(C)NC(C)(CO)CCCCN1CCC(N(C)C)CC1. The Morgan fingerprint density at radius 1 is 1.24 bits per heavy atom. The molecule has 0 aromatic heterocycles. The smallest absolute Gasteiger partial charge is 0.0610 e. The first kappa shape index (κ1) is 18.9. The van der Waals surface area contributed by atoms with Crippen LogP contribution in [-0.4, -0.2) is 72.9 Å². The molecule has 0 spiro atoms. The fourth-order valence-corrected chi connectivity index (χ4v) is 3.40. The predicted octanol–water partition coefficient (Wildman–Crippen LogP) is 1.93. The summed E-state index contributed by atoms with van der Waals surface area (Å²) >= 11 is 0. The van der Waals surface area contributed by atoms with Gasteiger partial charge in [-0.3, -0.25) is 0 Å². The van der Waals surface area contributed by atoms with Crippen LogP contribution in [0.25, 0.3) is 0 Å². The van der Waals surface area contributed by atoms with Gasteiger partial charge in [0.1, 0.15) is 0 Å². The molecule has 1 aliphatic heterocycles. The number of hydrogen-bond donors (Lipinski definition) is 2. The molecule has 0 saturated carbocycles. The van der Waals surface area contributed by atoms with Gasteiger partial charge in [-0.15, -0.1) is 0 Å². The van der Waals surface area contributed by atoms with Crippen LogP contribution in [0.5, 0.6) is 0 Å². The molecule has 1 aliphatic rings. The van der Waals surface area contributed by atoms with Crippen molar-refractivity contribution < 1.29 is 5.11 Å². The van der Waals surface area contributed by atoms with E-state index in [0.29, 0.717) is 6.04 Å². The van der Waals surface area contributed by atoms with Crippen molar-refractivity contribution in [2.75, 3.05) is 40.3 Å². The zero-order chi connectivity index (χ0) is 15.9. The zero-order valence-electron chi connectivity index (χ0n) is 14.9. The summed E-state index contributed by atoms with van der Waals surface area (Å²) in [6, 6.07) is 1.20. The third-order valence-corrected chi connectivity index (χ3v) is 4.73. The van der Waals surface area contributed by atoms with Crippen LogP contribution in [0, 0.1) is 0 Å². The van der Waals surface area contributed by atoms with Crippen molar-refractivity contribution in [2.24, 2.45) is 0 Å². The van der Waals surface area contributed by atoms with E-state index in [1.54, 1.807) is 0 Å².